The van der Waals surface area contributed by atoms with E-state index in [9.17, 15) is 0 Å². The molecule has 0 amide bonds. The maximum atomic E-state index is 3.77. The highest BCUT2D eigenvalue weighted by Gasteiger charge is 2.33. The molecule has 0 radical (unpaired) electrons. The van der Waals surface area contributed by atoms with E-state index in [1.54, 1.807) is 0 Å². The Morgan fingerprint density at radius 3 is 2.94 bits per heavy atom. The third-order valence-electron chi connectivity index (χ3n) is 3.56. The van der Waals surface area contributed by atoms with Crippen molar-refractivity contribution in [1.82, 2.24) is 5.32 Å². The average molecular weight is 237 g/mol. The van der Waals surface area contributed by atoms with Gasteiger partial charge in [0.1, 0.15) is 0 Å². The van der Waals surface area contributed by atoms with Crippen molar-refractivity contribution in [3.8, 4) is 0 Å². The number of hydrogen-bond acceptors (Lipinski definition) is 2. The Hall–Kier alpha value is -0.340. The summed E-state index contributed by atoms with van der Waals surface area (Å²) in [5, 5.41) is 5.96. The van der Waals surface area contributed by atoms with Gasteiger partial charge in [-0.15, -0.1) is 11.3 Å². The fourth-order valence-electron chi connectivity index (χ4n) is 2.96. The molecule has 1 saturated heterocycles. The number of aryl methyl sites for hydroxylation is 1. The van der Waals surface area contributed by atoms with Gasteiger partial charge in [0.05, 0.1) is 0 Å². The van der Waals surface area contributed by atoms with Gasteiger partial charge in [-0.2, -0.15) is 0 Å². The Labute approximate surface area is 103 Å². The molecule has 1 nitrogen and oxygen atoms in total. The Bertz CT molecular complexity index is 297. The number of thiophene rings is 1. The molecule has 2 heterocycles. The minimum atomic E-state index is 0.443. The second kappa shape index (κ2) is 5.33. The zero-order chi connectivity index (χ0) is 11.4. The molecule has 0 saturated carbocycles. The van der Waals surface area contributed by atoms with Gasteiger partial charge in [-0.25, -0.2) is 0 Å². The van der Waals surface area contributed by atoms with E-state index in [0.29, 0.717) is 5.54 Å². The average Bonchev–Trinajstić information content (AvgIpc) is 2.84. The van der Waals surface area contributed by atoms with Gasteiger partial charge in [0.25, 0.3) is 0 Å². The predicted molar refractivity (Wildman–Crippen MR) is 72.1 cm³/mol. The lowest BCUT2D eigenvalue weighted by Crippen LogP contribution is -2.41. The zero-order valence-electron chi connectivity index (χ0n) is 10.5. The van der Waals surface area contributed by atoms with Gasteiger partial charge in [0.2, 0.25) is 0 Å². The fraction of sp³-hybridized carbons (Fsp3) is 0.714. The molecule has 2 rings (SSSR count). The molecular weight excluding hydrogens is 214 g/mol. The van der Waals surface area contributed by atoms with Crippen LogP contribution in [-0.2, 0) is 6.42 Å². The molecule has 0 spiro atoms. The van der Waals surface area contributed by atoms with Crippen molar-refractivity contribution in [1.29, 1.82) is 0 Å². The first-order chi connectivity index (χ1) is 7.70. The molecule has 16 heavy (non-hydrogen) atoms. The molecular formula is C14H23NS. The van der Waals surface area contributed by atoms with Crippen LogP contribution in [0.1, 0.15) is 44.4 Å². The molecule has 1 aromatic rings. The first-order valence-electron chi connectivity index (χ1n) is 6.48. The lowest BCUT2D eigenvalue weighted by Gasteiger charge is -2.31. The molecule has 1 N–H and O–H groups in total. The molecule has 1 aromatic heterocycles. The van der Waals surface area contributed by atoms with Crippen molar-refractivity contribution >= 4 is 11.3 Å². The van der Waals surface area contributed by atoms with Crippen LogP contribution < -0.4 is 5.32 Å². The third kappa shape index (κ3) is 3.08. The minimum Gasteiger partial charge on any atom is -0.311 e. The summed E-state index contributed by atoms with van der Waals surface area (Å²) in [7, 11) is 0. The topological polar surface area (TPSA) is 12.0 Å². The zero-order valence-corrected chi connectivity index (χ0v) is 11.3. The monoisotopic (exact) mass is 237 g/mol. The van der Waals surface area contributed by atoms with E-state index < -0.39 is 0 Å². The van der Waals surface area contributed by atoms with Crippen LogP contribution in [0.25, 0.3) is 0 Å². The fourth-order valence-corrected chi connectivity index (χ4v) is 3.67. The number of hydrogen-bond donors (Lipinski definition) is 1. The molecule has 0 aromatic carbocycles. The van der Waals surface area contributed by atoms with Gasteiger partial charge in [-0.1, -0.05) is 19.9 Å². The maximum Gasteiger partial charge on any atom is 0.0187 e. The van der Waals surface area contributed by atoms with Crippen LogP contribution in [-0.4, -0.2) is 12.1 Å². The van der Waals surface area contributed by atoms with Crippen LogP contribution in [0.3, 0.4) is 0 Å². The number of nitrogens with one attached hydrogen (secondary N) is 1. The molecule has 1 atom stereocenters. The highest BCUT2D eigenvalue weighted by atomic mass is 32.1. The Balaban J connectivity index is 1.92. The molecule has 0 bridgehead atoms. The van der Waals surface area contributed by atoms with Crippen molar-refractivity contribution in [2.24, 2.45) is 5.92 Å². The van der Waals surface area contributed by atoms with Crippen LogP contribution in [0.15, 0.2) is 17.5 Å². The van der Waals surface area contributed by atoms with Gasteiger partial charge in [-0.3, -0.25) is 0 Å². The molecule has 2 heteroatoms. The van der Waals surface area contributed by atoms with Crippen molar-refractivity contribution < 1.29 is 0 Å². The largest absolute Gasteiger partial charge is 0.311 e. The van der Waals surface area contributed by atoms with E-state index in [0.717, 1.165) is 5.92 Å². The van der Waals surface area contributed by atoms with E-state index in [1.807, 2.05) is 11.3 Å². The van der Waals surface area contributed by atoms with Crippen molar-refractivity contribution in [3.05, 3.63) is 22.4 Å². The standard InChI is InChI=1S/C14H23NS/c1-12(2)11-14(7-4-9-15-14)8-6-13-5-3-10-16-13/h3,5,10,12,15H,4,6-9,11H2,1-2H3. The summed E-state index contributed by atoms with van der Waals surface area (Å²) < 4.78 is 0. The lowest BCUT2D eigenvalue weighted by molar-refractivity contribution is 0.284. The summed E-state index contributed by atoms with van der Waals surface area (Å²) >= 11 is 1.90. The molecule has 1 unspecified atom stereocenters. The first kappa shape index (κ1) is 12.1. The molecule has 1 aliphatic heterocycles. The summed E-state index contributed by atoms with van der Waals surface area (Å²) in [6.07, 6.45) is 6.62. The van der Waals surface area contributed by atoms with Gasteiger partial charge in [0.15, 0.2) is 0 Å². The first-order valence-corrected chi connectivity index (χ1v) is 7.36. The molecule has 0 aliphatic carbocycles. The lowest BCUT2D eigenvalue weighted by atomic mass is 9.83. The van der Waals surface area contributed by atoms with E-state index in [-0.39, 0.29) is 0 Å². The summed E-state index contributed by atoms with van der Waals surface area (Å²) in [4.78, 5) is 1.54. The highest BCUT2D eigenvalue weighted by molar-refractivity contribution is 7.09. The number of rotatable bonds is 5. The van der Waals surface area contributed by atoms with Crippen LogP contribution in [0.2, 0.25) is 0 Å². The Morgan fingerprint density at radius 1 is 1.50 bits per heavy atom. The van der Waals surface area contributed by atoms with Gasteiger partial charge < -0.3 is 5.32 Å². The second-order valence-electron chi connectivity index (χ2n) is 5.49. The summed E-state index contributed by atoms with van der Waals surface area (Å²) in [5.41, 5.74) is 0.443. The second-order valence-corrected chi connectivity index (χ2v) is 6.52. The quantitative estimate of drug-likeness (QED) is 0.820. The summed E-state index contributed by atoms with van der Waals surface area (Å²) in [6.45, 7) is 5.90. The molecule has 1 aliphatic rings. The smallest absolute Gasteiger partial charge is 0.0187 e. The van der Waals surface area contributed by atoms with E-state index in [2.05, 4.69) is 36.7 Å². The third-order valence-corrected chi connectivity index (χ3v) is 4.50. The summed E-state index contributed by atoms with van der Waals surface area (Å²) in [6, 6.07) is 4.43. The van der Waals surface area contributed by atoms with Crippen molar-refractivity contribution in [3.63, 3.8) is 0 Å². The van der Waals surface area contributed by atoms with Crippen LogP contribution in [0.4, 0.5) is 0 Å². The SMILES string of the molecule is CC(C)CC1(CCc2cccs2)CCCN1. The van der Waals surface area contributed by atoms with E-state index >= 15 is 0 Å². The molecule has 90 valence electrons. The van der Waals surface area contributed by atoms with Crippen LogP contribution in [0.5, 0.6) is 0 Å². The van der Waals surface area contributed by atoms with Crippen LogP contribution >= 0.6 is 11.3 Å². The maximum absolute atomic E-state index is 3.77. The minimum absolute atomic E-state index is 0.443. The Morgan fingerprint density at radius 2 is 2.38 bits per heavy atom. The van der Waals surface area contributed by atoms with Crippen molar-refractivity contribution in [2.75, 3.05) is 6.54 Å². The van der Waals surface area contributed by atoms with Gasteiger partial charge in [-0.05, 0) is 56.0 Å². The highest BCUT2D eigenvalue weighted by Crippen LogP contribution is 2.31. The van der Waals surface area contributed by atoms with E-state index in [4.69, 9.17) is 0 Å². The van der Waals surface area contributed by atoms with Crippen molar-refractivity contribution in [2.45, 2.75) is 51.5 Å². The Kier molecular flexibility index (Phi) is 4.04. The summed E-state index contributed by atoms with van der Waals surface area (Å²) in [5.74, 6) is 0.800. The normalized spacial score (nSPS) is 25.4. The van der Waals surface area contributed by atoms with Gasteiger partial charge in [0, 0.05) is 10.4 Å². The molecule has 1 fully saturated rings. The predicted octanol–water partition coefficient (Wildman–Crippen LogP) is 3.85. The van der Waals surface area contributed by atoms with Crippen LogP contribution in [0, 0.1) is 5.92 Å². The van der Waals surface area contributed by atoms with Gasteiger partial charge >= 0.3 is 0 Å². The van der Waals surface area contributed by atoms with E-state index in [1.165, 1.54) is 43.5 Å².